The first kappa shape index (κ1) is 19.7. The Morgan fingerprint density at radius 1 is 1.42 bits per heavy atom. The van der Waals surface area contributed by atoms with Gasteiger partial charge in [0.15, 0.2) is 0 Å². The number of hydrogen-bond acceptors (Lipinski definition) is 3. The van der Waals surface area contributed by atoms with E-state index >= 15 is 0 Å². The van der Waals surface area contributed by atoms with Gasteiger partial charge in [0, 0.05) is 24.4 Å². The predicted molar refractivity (Wildman–Crippen MR) is 97.5 cm³/mol. The van der Waals surface area contributed by atoms with Crippen LogP contribution in [0.15, 0.2) is 12.7 Å². The van der Waals surface area contributed by atoms with Crippen LogP contribution in [0, 0.1) is 34.0 Å². The van der Waals surface area contributed by atoms with E-state index < -0.39 is 11.5 Å². The first-order chi connectivity index (χ1) is 11.0. The number of rotatable bonds is 6. The first-order valence-electron chi connectivity index (χ1n) is 9.50. The maximum Gasteiger partial charge on any atom is 0.137 e. The van der Waals surface area contributed by atoms with Gasteiger partial charge in [0.2, 0.25) is 0 Å². The van der Waals surface area contributed by atoms with E-state index in [1.165, 1.54) is 0 Å². The number of aliphatic hydroxyl groups is 2. The van der Waals surface area contributed by atoms with Gasteiger partial charge < -0.3 is 10.2 Å². The molecule has 0 heterocycles. The second-order valence-corrected chi connectivity index (χ2v) is 9.43. The van der Waals surface area contributed by atoms with Crippen molar-refractivity contribution in [3.8, 4) is 0 Å². The summed E-state index contributed by atoms with van der Waals surface area (Å²) in [5.41, 5.74) is -0.742. The highest BCUT2D eigenvalue weighted by atomic mass is 16.3. The van der Waals surface area contributed by atoms with Crippen molar-refractivity contribution in [3.63, 3.8) is 0 Å². The van der Waals surface area contributed by atoms with Crippen LogP contribution in [0.5, 0.6) is 0 Å². The third-order valence-electron chi connectivity index (χ3n) is 7.71. The van der Waals surface area contributed by atoms with Crippen LogP contribution < -0.4 is 0 Å². The molecule has 2 fully saturated rings. The average Bonchev–Trinajstić information content (AvgIpc) is 2.89. The van der Waals surface area contributed by atoms with Crippen LogP contribution >= 0.6 is 0 Å². The van der Waals surface area contributed by atoms with E-state index in [1.807, 2.05) is 6.08 Å². The minimum absolute atomic E-state index is 0.0976. The summed E-state index contributed by atoms with van der Waals surface area (Å²) in [4.78, 5) is 12.9. The van der Waals surface area contributed by atoms with Crippen molar-refractivity contribution in [1.29, 1.82) is 0 Å². The molecule has 24 heavy (non-hydrogen) atoms. The summed E-state index contributed by atoms with van der Waals surface area (Å²) in [6.07, 6.45) is 5.42. The number of aliphatic hydroxyl groups excluding tert-OH is 2. The number of carbonyl (C=O) groups is 1. The molecule has 0 aromatic rings. The number of fused-ring (bicyclic) bond motifs is 1. The van der Waals surface area contributed by atoms with Gasteiger partial charge in [-0.2, -0.15) is 0 Å². The SMILES string of the molecule is C=CC(C)(C)C[C@@H](O)[C@@]1(C)C2C(=O)CC[C@]2([C@H](C)CO)CC[C@H]1C. The highest BCUT2D eigenvalue weighted by Gasteiger charge is 2.63. The summed E-state index contributed by atoms with van der Waals surface area (Å²) in [7, 11) is 0. The van der Waals surface area contributed by atoms with Crippen molar-refractivity contribution < 1.29 is 15.0 Å². The molecule has 2 aliphatic carbocycles. The van der Waals surface area contributed by atoms with Crippen LogP contribution in [0.25, 0.3) is 0 Å². The number of hydrogen-bond donors (Lipinski definition) is 2. The number of Topliss-reactive ketones (excluding diaryl/α,β-unsaturated/α-hetero) is 1. The van der Waals surface area contributed by atoms with Crippen molar-refractivity contribution in [3.05, 3.63) is 12.7 Å². The lowest BCUT2D eigenvalue weighted by atomic mass is 9.47. The zero-order valence-electron chi connectivity index (χ0n) is 16.1. The van der Waals surface area contributed by atoms with E-state index in [2.05, 4.69) is 41.2 Å². The van der Waals surface area contributed by atoms with Gasteiger partial charge in [-0.15, -0.1) is 6.58 Å². The van der Waals surface area contributed by atoms with E-state index in [4.69, 9.17) is 0 Å². The van der Waals surface area contributed by atoms with E-state index in [1.54, 1.807) is 0 Å². The lowest BCUT2D eigenvalue weighted by molar-refractivity contribution is -0.161. The molecule has 6 atom stereocenters. The molecule has 0 radical (unpaired) electrons. The van der Waals surface area contributed by atoms with Gasteiger partial charge in [0.1, 0.15) is 5.78 Å². The third kappa shape index (κ3) is 2.88. The number of carbonyl (C=O) groups excluding carboxylic acids is 1. The average molecular weight is 337 g/mol. The Morgan fingerprint density at radius 2 is 2.04 bits per heavy atom. The highest BCUT2D eigenvalue weighted by Crippen LogP contribution is 2.64. The van der Waals surface area contributed by atoms with Crippen LogP contribution in [0.3, 0.4) is 0 Å². The molecule has 0 aliphatic heterocycles. The molecule has 3 heteroatoms. The monoisotopic (exact) mass is 336 g/mol. The topological polar surface area (TPSA) is 57.5 Å². The summed E-state index contributed by atoms with van der Waals surface area (Å²) in [6.45, 7) is 14.6. The predicted octanol–water partition coefficient (Wildman–Crippen LogP) is 3.98. The molecule has 0 aromatic carbocycles. The standard InChI is InChI=1S/C21H36O3/c1-7-19(4,5)12-17(24)20(6)14(2)8-10-21(15(3)13-22)11-9-16(23)18(20)21/h7,14-15,17-18,22,24H,1,8-13H2,2-6H3/t14-,15-,17-,18?,20+,21+/m1/s1. The Morgan fingerprint density at radius 3 is 2.58 bits per heavy atom. The molecule has 138 valence electrons. The second kappa shape index (κ2) is 6.57. The van der Waals surface area contributed by atoms with Crippen molar-refractivity contribution in [2.75, 3.05) is 6.61 Å². The highest BCUT2D eigenvalue weighted by molar-refractivity contribution is 5.85. The molecular formula is C21H36O3. The van der Waals surface area contributed by atoms with Crippen LogP contribution in [-0.4, -0.2) is 28.7 Å². The van der Waals surface area contributed by atoms with Crippen molar-refractivity contribution in [2.45, 2.75) is 72.8 Å². The smallest absolute Gasteiger partial charge is 0.137 e. The second-order valence-electron chi connectivity index (χ2n) is 9.43. The molecule has 2 N–H and O–H groups in total. The molecule has 0 amide bonds. The molecule has 3 nitrogen and oxygen atoms in total. The Hall–Kier alpha value is -0.670. The van der Waals surface area contributed by atoms with Gasteiger partial charge in [-0.25, -0.2) is 0 Å². The third-order valence-corrected chi connectivity index (χ3v) is 7.71. The lowest BCUT2D eigenvalue weighted by Crippen LogP contribution is -2.57. The molecule has 2 saturated carbocycles. The molecule has 0 spiro atoms. The summed E-state index contributed by atoms with van der Waals surface area (Å²) in [6, 6.07) is 0. The zero-order valence-corrected chi connectivity index (χ0v) is 16.1. The van der Waals surface area contributed by atoms with E-state index in [9.17, 15) is 15.0 Å². The first-order valence-corrected chi connectivity index (χ1v) is 9.50. The van der Waals surface area contributed by atoms with E-state index in [-0.39, 0.29) is 29.3 Å². The Kier molecular flexibility index (Phi) is 5.38. The minimum Gasteiger partial charge on any atom is -0.396 e. The van der Waals surface area contributed by atoms with Crippen LogP contribution in [0.2, 0.25) is 0 Å². The maximum absolute atomic E-state index is 12.9. The normalized spacial score (nSPS) is 39.4. The fraction of sp³-hybridized carbons (Fsp3) is 0.857. The van der Waals surface area contributed by atoms with Crippen molar-refractivity contribution in [1.82, 2.24) is 0 Å². The molecule has 2 aliphatic rings. The van der Waals surface area contributed by atoms with Crippen LogP contribution in [-0.2, 0) is 4.79 Å². The molecular weight excluding hydrogens is 300 g/mol. The van der Waals surface area contributed by atoms with Gasteiger partial charge in [-0.3, -0.25) is 4.79 Å². The summed E-state index contributed by atoms with van der Waals surface area (Å²) in [5.74, 6) is 0.533. The van der Waals surface area contributed by atoms with Crippen LogP contribution in [0.1, 0.15) is 66.7 Å². The van der Waals surface area contributed by atoms with E-state index in [0.29, 0.717) is 24.5 Å². The summed E-state index contributed by atoms with van der Waals surface area (Å²) in [5, 5.41) is 21.1. The molecule has 1 unspecified atom stereocenters. The number of ketones is 1. The van der Waals surface area contributed by atoms with E-state index in [0.717, 1.165) is 19.3 Å². The Balaban J connectivity index is 2.45. The zero-order chi connectivity index (χ0) is 18.3. The lowest BCUT2D eigenvalue weighted by Gasteiger charge is -2.57. The summed E-state index contributed by atoms with van der Waals surface area (Å²) < 4.78 is 0. The Labute approximate surface area is 147 Å². The quantitative estimate of drug-likeness (QED) is 0.721. The largest absolute Gasteiger partial charge is 0.396 e. The van der Waals surface area contributed by atoms with Crippen molar-refractivity contribution in [2.24, 2.45) is 34.0 Å². The number of allylic oxidation sites excluding steroid dienone is 1. The van der Waals surface area contributed by atoms with Gasteiger partial charge >= 0.3 is 0 Å². The summed E-state index contributed by atoms with van der Waals surface area (Å²) >= 11 is 0. The van der Waals surface area contributed by atoms with Gasteiger partial charge in [-0.05, 0) is 48.3 Å². The molecule has 2 rings (SSSR count). The minimum atomic E-state index is -0.543. The fourth-order valence-electron chi connectivity index (χ4n) is 5.56. The van der Waals surface area contributed by atoms with Gasteiger partial charge in [0.25, 0.3) is 0 Å². The maximum atomic E-state index is 12.9. The van der Waals surface area contributed by atoms with Crippen molar-refractivity contribution >= 4 is 5.78 Å². The van der Waals surface area contributed by atoms with Gasteiger partial charge in [-0.1, -0.05) is 40.7 Å². The molecule has 0 aromatic heterocycles. The fourth-order valence-corrected chi connectivity index (χ4v) is 5.56. The van der Waals surface area contributed by atoms with Crippen LogP contribution in [0.4, 0.5) is 0 Å². The van der Waals surface area contributed by atoms with Gasteiger partial charge in [0.05, 0.1) is 6.10 Å². The Bertz CT molecular complexity index is 497. The molecule has 0 saturated heterocycles. The molecule has 0 bridgehead atoms.